The third-order valence-corrected chi connectivity index (χ3v) is 4.18. The minimum atomic E-state index is 0.400. The van der Waals surface area contributed by atoms with E-state index in [9.17, 15) is 0 Å². The van der Waals surface area contributed by atoms with E-state index >= 15 is 0 Å². The maximum Gasteiger partial charge on any atom is 0.150 e. The molecule has 2 rings (SSSR count). The summed E-state index contributed by atoms with van der Waals surface area (Å²) in [6.45, 7) is 2.74. The Morgan fingerprint density at radius 1 is 1.05 bits per heavy atom. The highest BCUT2D eigenvalue weighted by Gasteiger charge is 2.11. The molecule has 0 aliphatic heterocycles. The van der Waals surface area contributed by atoms with Crippen LogP contribution >= 0.6 is 50.7 Å². The van der Waals surface area contributed by atoms with Gasteiger partial charge in [-0.2, -0.15) is 0 Å². The Labute approximate surface area is 140 Å². The van der Waals surface area contributed by atoms with Crippen LogP contribution in [0, 0.1) is 0 Å². The van der Waals surface area contributed by atoms with Crippen LogP contribution in [0.4, 0.5) is 17.3 Å². The lowest BCUT2D eigenvalue weighted by molar-refractivity contribution is 1.10. The van der Waals surface area contributed by atoms with Crippen molar-refractivity contribution in [2.45, 2.75) is 6.92 Å². The highest BCUT2D eigenvalue weighted by molar-refractivity contribution is 9.10. The van der Waals surface area contributed by atoms with Crippen molar-refractivity contribution in [1.82, 2.24) is 9.97 Å². The van der Waals surface area contributed by atoms with Crippen LogP contribution in [0.3, 0.4) is 0 Å². The average molecular weight is 397 g/mol. The standard InChI is InChI=1S/C12H10BrCl3N4/c1-2-17-11-10(13)12(19-5-18-11)20-9-4-7(15)6(14)3-8(9)16/h3-5H,2H2,1H3,(H2,17,18,19,20). The molecular formula is C12H10BrCl3N4. The SMILES string of the molecule is CCNc1ncnc(Nc2cc(Cl)c(Cl)cc2Cl)c1Br. The molecule has 1 aromatic heterocycles. The second kappa shape index (κ2) is 6.80. The van der Waals surface area contributed by atoms with Crippen LogP contribution in [0.1, 0.15) is 6.92 Å². The zero-order valence-electron chi connectivity index (χ0n) is 10.3. The third-order valence-electron chi connectivity index (χ3n) is 2.40. The smallest absolute Gasteiger partial charge is 0.150 e. The van der Waals surface area contributed by atoms with E-state index in [-0.39, 0.29) is 0 Å². The number of benzene rings is 1. The van der Waals surface area contributed by atoms with Gasteiger partial charge in [0.1, 0.15) is 22.4 Å². The molecular weight excluding hydrogens is 386 g/mol. The van der Waals surface area contributed by atoms with Crippen molar-refractivity contribution in [1.29, 1.82) is 0 Å². The van der Waals surface area contributed by atoms with Gasteiger partial charge in [0.15, 0.2) is 0 Å². The van der Waals surface area contributed by atoms with Crippen LogP contribution in [0.25, 0.3) is 0 Å². The lowest BCUT2D eigenvalue weighted by Gasteiger charge is -2.12. The Morgan fingerprint density at radius 2 is 1.70 bits per heavy atom. The van der Waals surface area contributed by atoms with E-state index < -0.39 is 0 Å². The fraction of sp³-hybridized carbons (Fsp3) is 0.167. The first-order valence-corrected chi connectivity index (χ1v) is 7.61. The monoisotopic (exact) mass is 394 g/mol. The van der Waals surface area contributed by atoms with Crippen LogP contribution in [-0.4, -0.2) is 16.5 Å². The number of hydrogen-bond acceptors (Lipinski definition) is 4. The number of rotatable bonds is 4. The molecule has 0 bridgehead atoms. The minimum absolute atomic E-state index is 0.400. The molecule has 0 saturated heterocycles. The van der Waals surface area contributed by atoms with E-state index in [1.165, 1.54) is 6.33 Å². The molecule has 0 radical (unpaired) electrons. The van der Waals surface area contributed by atoms with Gasteiger partial charge in [0, 0.05) is 6.54 Å². The summed E-state index contributed by atoms with van der Waals surface area (Å²) in [7, 11) is 0. The summed E-state index contributed by atoms with van der Waals surface area (Å²) >= 11 is 21.5. The fourth-order valence-electron chi connectivity index (χ4n) is 1.49. The summed E-state index contributed by atoms with van der Waals surface area (Å²) in [5, 5.41) is 7.48. The van der Waals surface area contributed by atoms with Gasteiger partial charge in [0.2, 0.25) is 0 Å². The van der Waals surface area contributed by atoms with Crippen molar-refractivity contribution in [2.75, 3.05) is 17.2 Å². The fourth-order valence-corrected chi connectivity index (χ4v) is 2.53. The van der Waals surface area contributed by atoms with Gasteiger partial charge in [-0.05, 0) is 35.0 Å². The molecule has 0 saturated carbocycles. The summed E-state index contributed by atoms with van der Waals surface area (Å²) in [6.07, 6.45) is 1.45. The predicted octanol–water partition coefficient (Wildman–Crippen LogP) is 5.37. The Morgan fingerprint density at radius 3 is 2.40 bits per heavy atom. The lowest BCUT2D eigenvalue weighted by atomic mass is 10.3. The number of hydrogen-bond donors (Lipinski definition) is 2. The zero-order chi connectivity index (χ0) is 14.7. The maximum atomic E-state index is 6.12. The molecule has 2 aromatic rings. The summed E-state index contributed by atoms with van der Waals surface area (Å²) in [5.41, 5.74) is 0.614. The van der Waals surface area contributed by atoms with Gasteiger partial charge >= 0.3 is 0 Å². The second-order valence-electron chi connectivity index (χ2n) is 3.79. The highest BCUT2D eigenvalue weighted by Crippen LogP contribution is 2.36. The van der Waals surface area contributed by atoms with Crippen molar-refractivity contribution in [3.05, 3.63) is 38.0 Å². The van der Waals surface area contributed by atoms with E-state index in [1.54, 1.807) is 12.1 Å². The predicted molar refractivity (Wildman–Crippen MR) is 88.7 cm³/mol. The number of nitrogens with zero attached hydrogens (tertiary/aromatic N) is 2. The normalized spacial score (nSPS) is 10.4. The second-order valence-corrected chi connectivity index (χ2v) is 5.80. The van der Waals surface area contributed by atoms with Gasteiger partial charge in [-0.1, -0.05) is 34.8 Å². The van der Waals surface area contributed by atoms with E-state index in [1.807, 2.05) is 6.92 Å². The van der Waals surface area contributed by atoms with Crippen molar-refractivity contribution >= 4 is 68.1 Å². The van der Waals surface area contributed by atoms with E-state index in [4.69, 9.17) is 34.8 Å². The first-order chi connectivity index (χ1) is 9.52. The number of nitrogens with one attached hydrogen (secondary N) is 2. The van der Waals surface area contributed by atoms with E-state index in [0.717, 1.165) is 6.54 Å². The van der Waals surface area contributed by atoms with Crippen molar-refractivity contribution in [3.63, 3.8) is 0 Å². The third kappa shape index (κ3) is 3.47. The van der Waals surface area contributed by atoms with E-state index in [0.29, 0.717) is 36.9 Å². The molecule has 0 amide bonds. The maximum absolute atomic E-state index is 6.12. The Kier molecular flexibility index (Phi) is 5.32. The van der Waals surface area contributed by atoms with Gasteiger partial charge in [-0.25, -0.2) is 9.97 Å². The molecule has 0 unspecified atom stereocenters. The van der Waals surface area contributed by atoms with Gasteiger partial charge in [0.05, 0.1) is 20.8 Å². The van der Waals surface area contributed by atoms with Crippen LogP contribution in [0.15, 0.2) is 22.9 Å². The van der Waals surface area contributed by atoms with Crippen molar-refractivity contribution < 1.29 is 0 Å². The average Bonchev–Trinajstić information content (AvgIpc) is 2.40. The van der Waals surface area contributed by atoms with Crippen molar-refractivity contribution in [3.8, 4) is 0 Å². The molecule has 1 aromatic carbocycles. The first kappa shape index (κ1) is 15.6. The largest absolute Gasteiger partial charge is 0.369 e. The quantitative estimate of drug-likeness (QED) is 0.682. The molecule has 0 aliphatic carbocycles. The molecule has 20 heavy (non-hydrogen) atoms. The first-order valence-electron chi connectivity index (χ1n) is 5.68. The van der Waals surface area contributed by atoms with Gasteiger partial charge < -0.3 is 10.6 Å². The Bertz CT molecular complexity index is 636. The highest BCUT2D eigenvalue weighted by atomic mass is 79.9. The molecule has 0 spiro atoms. The van der Waals surface area contributed by atoms with Crippen molar-refractivity contribution in [2.24, 2.45) is 0 Å². The van der Waals surface area contributed by atoms with Gasteiger partial charge in [-0.3, -0.25) is 0 Å². The number of halogens is 4. The zero-order valence-corrected chi connectivity index (χ0v) is 14.2. The summed E-state index contributed by atoms with van der Waals surface area (Å²) in [5.74, 6) is 1.28. The molecule has 1 heterocycles. The molecule has 8 heteroatoms. The molecule has 0 fully saturated rings. The Hall–Kier alpha value is -0.750. The van der Waals surface area contributed by atoms with E-state index in [2.05, 4.69) is 36.5 Å². The van der Waals surface area contributed by atoms with Crippen LogP contribution in [0.5, 0.6) is 0 Å². The molecule has 0 atom stereocenters. The molecule has 106 valence electrons. The van der Waals surface area contributed by atoms with Gasteiger partial charge in [-0.15, -0.1) is 0 Å². The summed E-state index contributed by atoms with van der Waals surface area (Å²) in [6, 6.07) is 3.22. The van der Waals surface area contributed by atoms with Crippen LogP contribution in [0.2, 0.25) is 15.1 Å². The lowest BCUT2D eigenvalue weighted by Crippen LogP contribution is -2.04. The summed E-state index contributed by atoms with van der Waals surface area (Å²) in [4.78, 5) is 8.30. The summed E-state index contributed by atoms with van der Waals surface area (Å²) < 4.78 is 0.712. The molecule has 2 N–H and O–H groups in total. The number of anilines is 3. The van der Waals surface area contributed by atoms with Crippen LogP contribution < -0.4 is 10.6 Å². The van der Waals surface area contributed by atoms with Crippen LogP contribution in [-0.2, 0) is 0 Å². The van der Waals surface area contributed by atoms with Gasteiger partial charge in [0.25, 0.3) is 0 Å². The molecule has 4 nitrogen and oxygen atoms in total. The molecule has 0 aliphatic rings. The topological polar surface area (TPSA) is 49.8 Å². The minimum Gasteiger partial charge on any atom is -0.369 e. The number of aromatic nitrogens is 2. The Balaban J connectivity index is 2.35.